The van der Waals surface area contributed by atoms with Gasteiger partial charge in [0, 0.05) is 23.6 Å². The number of thiophene rings is 1. The first-order valence-electron chi connectivity index (χ1n) is 7.62. The largest absolute Gasteiger partial charge is 0.493 e. The van der Waals surface area contributed by atoms with E-state index in [-0.39, 0.29) is 12.3 Å². The van der Waals surface area contributed by atoms with Crippen molar-refractivity contribution in [2.45, 2.75) is 19.9 Å². The number of aromatic nitrogens is 1. The molecule has 132 valence electrons. The molecule has 5 nitrogen and oxygen atoms in total. The molecule has 0 saturated carbocycles. The average molecular weight is 397 g/mol. The summed E-state index contributed by atoms with van der Waals surface area (Å²) in [4.78, 5) is 18.2. The normalized spacial score (nSPS) is 11.9. The Morgan fingerprint density at radius 3 is 2.52 bits per heavy atom. The second-order valence-corrected chi connectivity index (χ2v) is 8.00. The first-order valence-corrected chi connectivity index (χ1v) is 9.64. The number of aryl methyl sites for hydroxylation is 1. The van der Waals surface area contributed by atoms with Gasteiger partial charge in [-0.15, -0.1) is 11.3 Å². The number of rotatable bonds is 5. The molecule has 0 aliphatic carbocycles. The number of carbonyl (C=O) groups is 1. The molecule has 0 fully saturated rings. The Kier molecular flexibility index (Phi) is 5.46. The summed E-state index contributed by atoms with van der Waals surface area (Å²) in [5.74, 6) is 1.12. The van der Waals surface area contributed by atoms with Crippen molar-refractivity contribution in [1.29, 1.82) is 0 Å². The van der Waals surface area contributed by atoms with Crippen LogP contribution in [0.25, 0.3) is 10.2 Å². The molecular formula is C17H17ClN2O3S2. The molecule has 1 aromatic carbocycles. The predicted octanol–water partition coefficient (Wildman–Crippen LogP) is 4.12. The fourth-order valence-electron chi connectivity index (χ4n) is 2.53. The van der Waals surface area contributed by atoms with Gasteiger partial charge in [-0.2, -0.15) is 4.99 Å². The molecule has 0 bridgehead atoms. The Morgan fingerprint density at radius 2 is 1.92 bits per heavy atom. The Labute approximate surface area is 158 Å². The SMILES string of the molecule is CCn1c(=NC(=O)Cc2ccc(Cl)s2)sc2cc(OC)c(OC)cc21. The van der Waals surface area contributed by atoms with E-state index in [1.54, 1.807) is 20.3 Å². The third kappa shape index (κ3) is 3.73. The minimum atomic E-state index is -0.189. The molecule has 0 N–H and O–H groups in total. The molecule has 2 heterocycles. The maximum atomic E-state index is 12.3. The number of fused-ring (bicyclic) bond motifs is 1. The average Bonchev–Trinajstić information content (AvgIpc) is 3.15. The zero-order valence-electron chi connectivity index (χ0n) is 14.0. The maximum Gasteiger partial charge on any atom is 0.253 e. The first-order chi connectivity index (χ1) is 12.0. The lowest BCUT2D eigenvalue weighted by molar-refractivity contribution is -0.117. The standard InChI is InChI=1S/C17H17ClN2O3S2/c1-4-20-11-8-12(22-2)13(23-3)9-14(11)25-17(20)19-16(21)7-10-5-6-15(18)24-10/h5-6,8-9H,4,7H2,1-3H3. The number of hydrogen-bond donors (Lipinski definition) is 0. The molecule has 2 aromatic heterocycles. The molecule has 0 radical (unpaired) electrons. The highest BCUT2D eigenvalue weighted by Gasteiger charge is 2.13. The number of halogens is 1. The van der Waals surface area contributed by atoms with Crippen LogP contribution in [0.4, 0.5) is 0 Å². The summed E-state index contributed by atoms with van der Waals surface area (Å²) in [7, 11) is 3.21. The number of carbonyl (C=O) groups excluding carboxylic acids is 1. The summed E-state index contributed by atoms with van der Waals surface area (Å²) < 4.78 is 14.4. The van der Waals surface area contributed by atoms with Crippen LogP contribution in [-0.4, -0.2) is 24.7 Å². The molecule has 0 aliphatic rings. The van der Waals surface area contributed by atoms with Crippen LogP contribution < -0.4 is 14.3 Å². The Balaban J connectivity index is 2.04. The number of methoxy groups -OCH3 is 2. The fourth-order valence-corrected chi connectivity index (χ4v) is 4.73. The van der Waals surface area contributed by atoms with Gasteiger partial charge in [-0.1, -0.05) is 22.9 Å². The van der Waals surface area contributed by atoms with Crippen molar-refractivity contribution in [2.75, 3.05) is 14.2 Å². The summed E-state index contributed by atoms with van der Waals surface area (Å²) in [5.41, 5.74) is 0.968. The highest BCUT2D eigenvalue weighted by atomic mass is 35.5. The summed E-state index contributed by atoms with van der Waals surface area (Å²) in [6, 6.07) is 7.47. The molecule has 8 heteroatoms. The van der Waals surface area contributed by atoms with E-state index in [1.165, 1.54) is 22.7 Å². The van der Waals surface area contributed by atoms with Crippen molar-refractivity contribution < 1.29 is 14.3 Å². The van der Waals surface area contributed by atoms with Gasteiger partial charge in [0.25, 0.3) is 5.91 Å². The van der Waals surface area contributed by atoms with Gasteiger partial charge in [-0.3, -0.25) is 4.79 Å². The van der Waals surface area contributed by atoms with Crippen LogP contribution in [0, 0.1) is 0 Å². The predicted molar refractivity (Wildman–Crippen MR) is 102 cm³/mol. The van der Waals surface area contributed by atoms with Crippen molar-refractivity contribution in [3.63, 3.8) is 0 Å². The zero-order chi connectivity index (χ0) is 18.0. The van der Waals surface area contributed by atoms with Gasteiger partial charge >= 0.3 is 0 Å². The fraction of sp³-hybridized carbons (Fsp3) is 0.294. The van der Waals surface area contributed by atoms with Gasteiger partial charge < -0.3 is 14.0 Å². The Bertz CT molecular complexity index is 988. The summed E-state index contributed by atoms with van der Waals surface area (Å²) in [6.45, 7) is 2.72. The molecule has 1 amide bonds. The van der Waals surface area contributed by atoms with E-state index in [1.807, 2.05) is 29.7 Å². The molecule has 0 aliphatic heterocycles. The number of hydrogen-bond acceptors (Lipinski definition) is 5. The van der Waals surface area contributed by atoms with Gasteiger partial charge in [0.2, 0.25) is 0 Å². The first kappa shape index (κ1) is 18.0. The van der Waals surface area contributed by atoms with Crippen molar-refractivity contribution in [1.82, 2.24) is 4.57 Å². The summed E-state index contributed by atoms with van der Waals surface area (Å²) >= 11 is 8.77. The molecule has 0 unspecified atom stereocenters. The topological polar surface area (TPSA) is 52.8 Å². The summed E-state index contributed by atoms with van der Waals surface area (Å²) in [6.07, 6.45) is 0.252. The number of thiazole rings is 1. The van der Waals surface area contributed by atoms with E-state index in [0.717, 1.165) is 15.1 Å². The van der Waals surface area contributed by atoms with E-state index in [0.29, 0.717) is 27.2 Å². The van der Waals surface area contributed by atoms with Crippen molar-refractivity contribution in [3.8, 4) is 11.5 Å². The number of nitrogens with zero attached hydrogens (tertiary/aromatic N) is 2. The molecule has 3 rings (SSSR count). The van der Waals surface area contributed by atoms with Gasteiger partial charge in [-0.25, -0.2) is 0 Å². The molecule has 25 heavy (non-hydrogen) atoms. The van der Waals surface area contributed by atoms with Crippen LogP contribution in [0.3, 0.4) is 0 Å². The van der Waals surface area contributed by atoms with Gasteiger partial charge in [-0.05, 0) is 19.1 Å². The van der Waals surface area contributed by atoms with Crippen molar-refractivity contribution in [2.24, 2.45) is 4.99 Å². The number of amides is 1. The van der Waals surface area contributed by atoms with Crippen LogP contribution in [0.15, 0.2) is 29.3 Å². The van der Waals surface area contributed by atoms with Crippen LogP contribution in [0.2, 0.25) is 4.34 Å². The van der Waals surface area contributed by atoms with Crippen molar-refractivity contribution in [3.05, 3.63) is 38.3 Å². The van der Waals surface area contributed by atoms with E-state index >= 15 is 0 Å². The quantitative estimate of drug-likeness (QED) is 0.651. The molecule has 0 atom stereocenters. The van der Waals surface area contributed by atoms with Gasteiger partial charge in [0.1, 0.15) is 0 Å². The maximum absolute atomic E-state index is 12.3. The lowest BCUT2D eigenvalue weighted by Crippen LogP contribution is -2.16. The Hall–Kier alpha value is -1.83. The van der Waals surface area contributed by atoms with Gasteiger partial charge in [0.05, 0.1) is 35.2 Å². The summed E-state index contributed by atoms with van der Waals surface area (Å²) in [5, 5.41) is 0. The zero-order valence-corrected chi connectivity index (χ0v) is 16.4. The van der Waals surface area contributed by atoms with Crippen LogP contribution in [-0.2, 0) is 17.8 Å². The monoisotopic (exact) mass is 396 g/mol. The third-order valence-corrected chi connectivity index (χ3v) is 5.95. The lowest BCUT2D eigenvalue weighted by Gasteiger charge is -2.08. The van der Waals surface area contributed by atoms with E-state index in [2.05, 4.69) is 4.99 Å². The third-order valence-electron chi connectivity index (χ3n) is 3.68. The van der Waals surface area contributed by atoms with Crippen LogP contribution in [0.1, 0.15) is 11.8 Å². The minimum absolute atomic E-state index is 0.189. The van der Waals surface area contributed by atoms with E-state index in [4.69, 9.17) is 21.1 Å². The minimum Gasteiger partial charge on any atom is -0.493 e. The van der Waals surface area contributed by atoms with Gasteiger partial charge in [0.15, 0.2) is 16.3 Å². The van der Waals surface area contributed by atoms with Crippen LogP contribution >= 0.6 is 34.3 Å². The Morgan fingerprint density at radius 1 is 1.20 bits per heavy atom. The van der Waals surface area contributed by atoms with E-state index in [9.17, 15) is 4.79 Å². The highest BCUT2D eigenvalue weighted by molar-refractivity contribution is 7.16. The molecule has 0 spiro atoms. The smallest absolute Gasteiger partial charge is 0.253 e. The lowest BCUT2D eigenvalue weighted by atomic mass is 10.3. The second-order valence-electron chi connectivity index (χ2n) is 5.19. The van der Waals surface area contributed by atoms with E-state index < -0.39 is 0 Å². The molecule has 3 aromatic rings. The second kappa shape index (κ2) is 7.59. The van der Waals surface area contributed by atoms with Crippen molar-refractivity contribution >= 4 is 50.4 Å². The number of ether oxygens (including phenoxy) is 2. The molecular weight excluding hydrogens is 380 g/mol. The molecule has 0 saturated heterocycles. The number of benzene rings is 1. The highest BCUT2D eigenvalue weighted by Crippen LogP contribution is 2.33. The van der Waals surface area contributed by atoms with Crippen LogP contribution in [0.5, 0.6) is 11.5 Å².